The molecule has 0 saturated carbocycles. The summed E-state index contributed by atoms with van der Waals surface area (Å²) in [4.78, 5) is 43.4. The molecule has 3 rings (SSSR count). The number of ether oxygens (including phenoxy) is 1. The SMILES string of the molecule is C[C@@H]1CN(Cc2ccc(F)cc2)CCN1C(=O)COc1ncc(Cl)cc1NC(=O)CCC(=O)O. The van der Waals surface area contributed by atoms with Crippen molar-refractivity contribution >= 4 is 35.1 Å². The summed E-state index contributed by atoms with van der Waals surface area (Å²) in [7, 11) is 0. The lowest BCUT2D eigenvalue weighted by atomic mass is 10.1. The Balaban J connectivity index is 1.53. The first-order valence-corrected chi connectivity index (χ1v) is 11.2. The van der Waals surface area contributed by atoms with E-state index in [1.807, 2.05) is 6.92 Å². The summed E-state index contributed by atoms with van der Waals surface area (Å²) in [5.74, 6) is -2.11. The van der Waals surface area contributed by atoms with Crippen molar-refractivity contribution in [3.8, 4) is 5.88 Å². The summed E-state index contributed by atoms with van der Waals surface area (Å²) >= 11 is 5.95. The van der Waals surface area contributed by atoms with Crippen molar-refractivity contribution in [2.75, 3.05) is 31.6 Å². The van der Waals surface area contributed by atoms with E-state index in [4.69, 9.17) is 21.4 Å². The average Bonchev–Trinajstić information content (AvgIpc) is 2.78. The van der Waals surface area contributed by atoms with Gasteiger partial charge in [-0.15, -0.1) is 0 Å². The van der Waals surface area contributed by atoms with Crippen LogP contribution in [-0.4, -0.2) is 70.0 Å². The highest BCUT2D eigenvalue weighted by atomic mass is 35.5. The summed E-state index contributed by atoms with van der Waals surface area (Å²) in [5.41, 5.74) is 1.16. The second-order valence-corrected chi connectivity index (χ2v) is 8.47. The van der Waals surface area contributed by atoms with Gasteiger partial charge in [0.1, 0.15) is 11.5 Å². The highest BCUT2D eigenvalue weighted by Gasteiger charge is 2.28. The molecule has 2 N–H and O–H groups in total. The Bertz CT molecular complexity index is 1040. The molecule has 182 valence electrons. The van der Waals surface area contributed by atoms with Crippen molar-refractivity contribution < 1.29 is 28.6 Å². The number of hydrogen-bond donors (Lipinski definition) is 2. The van der Waals surface area contributed by atoms with Gasteiger partial charge in [-0.05, 0) is 30.7 Å². The Morgan fingerprint density at radius 3 is 2.65 bits per heavy atom. The first-order chi connectivity index (χ1) is 16.2. The normalized spacial score (nSPS) is 16.2. The quantitative estimate of drug-likeness (QED) is 0.553. The summed E-state index contributed by atoms with van der Waals surface area (Å²) < 4.78 is 18.7. The zero-order valence-corrected chi connectivity index (χ0v) is 19.4. The lowest BCUT2D eigenvalue weighted by Gasteiger charge is -2.39. The maximum absolute atomic E-state index is 13.1. The third-order valence-electron chi connectivity index (χ3n) is 5.34. The molecule has 1 aromatic heterocycles. The highest BCUT2D eigenvalue weighted by Crippen LogP contribution is 2.25. The molecule has 1 atom stereocenters. The van der Waals surface area contributed by atoms with E-state index in [2.05, 4.69) is 15.2 Å². The average molecular weight is 493 g/mol. The molecule has 11 heteroatoms. The Hall–Kier alpha value is -3.24. The van der Waals surface area contributed by atoms with Crippen LogP contribution in [0.3, 0.4) is 0 Å². The van der Waals surface area contributed by atoms with Crippen molar-refractivity contribution in [3.63, 3.8) is 0 Å². The van der Waals surface area contributed by atoms with Gasteiger partial charge in [0.25, 0.3) is 5.91 Å². The minimum Gasteiger partial charge on any atom is -0.481 e. The van der Waals surface area contributed by atoms with E-state index >= 15 is 0 Å². The number of hydrogen-bond acceptors (Lipinski definition) is 6. The number of carboxylic acid groups (broad SMARTS) is 1. The van der Waals surface area contributed by atoms with E-state index in [9.17, 15) is 18.8 Å². The summed E-state index contributed by atoms with van der Waals surface area (Å²) in [6, 6.07) is 7.74. The fourth-order valence-electron chi connectivity index (χ4n) is 3.67. The number of piperazine rings is 1. The zero-order valence-electron chi connectivity index (χ0n) is 18.7. The van der Waals surface area contributed by atoms with Crippen LogP contribution >= 0.6 is 11.6 Å². The fraction of sp³-hybridized carbons (Fsp3) is 0.391. The molecule has 1 aromatic carbocycles. The van der Waals surface area contributed by atoms with E-state index in [1.54, 1.807) is 17.0 Å². The predicted molar refractivity (Wildman–Crippen MR) is 123 cm³/mol. The van der Waals surface area contributed by atoms with Crippen molar-refractivity contribution in [2.45, 2.75) is 32.4 Å². The molecule has 0 radical (unpaired) electrons. The standard InChI is InChI=1S/C23H26ClFN4O5/c1-15-12-28(13-16-2-4-18(25)5-3-16)8-9-29(15)21(31)14-34-23-19(10-17(24)11-26-23)27-20(30)6-7-22(32)33/h2-5,10-11,15H,6-9,12-14H2,1H3,(H,27,30)(H,32,33)/t15-/m1/s1. The molecule has 1 aliphatic rings. The topological polar surface area (TPSA) is 112 Å². The van der Waals surface area contributed by atoms with Crippen LogP contribution in [0.2, 0.25) is 5.02 Å². The lowest BCUT2D eigenvalue weighted by Crippen LogP contribution is -2.54. The predicted octanol–water partition coefficient (Wildman–Crippen LogP) is 2.79. The first kappa shape index (κ1) is 25.4. The van der Waals surface area contributed by atoms with E-state index in [-0.39, 0.29) is 53.8 Å². The maximum atomic E-state index is 13.1. The number of nitrogens with zero attached hydrogens (tertiary/aromatic N) is 3. The van der Waals surface area contributed by atoms with Crippen LogP contribution in [0.1, 0.15) is 25.3 Å². The number of carboxylic acids is 1. The number of pyridine rings is 1. The van der Waals surface area contributed by atoms with Crippen molar-refractivity contribution in [2.24, 2.45) is 0 Å². The summed E-state index contributed by atoms with van der Waals surface area (Å²) in [5, 5.41) is 11.5. The van der Waals surface area contributed by atoms with Gasteiger partial charge in [0, 0.05) is 44.8 Å². The molecule has 0 aliphatic carbocycles. The molecule has 2 heterocycles. The molecular weight excluding hydrogens is 467 g/mol. The molecule has 1 fully saturated rings. The Morgan fingerprint density at radius 1 is 1.24 bits per heavy atom. The molecule has 0 spiro atoms. The summed E-state index contributed by atoms with van der Waals surface area (Å²) in [6.07, 6.45) is 0.782. The van der Waals surface area contributed by atoms with E-state index in [0.717, 1.165) is 5.56 Å². The van der Waals surface area contributed by atoms with Crippen molar-refractivity contribution in [3.05, 3.63) is 52.9 Å². The van der Waals surface area contributed by atoms with E-state index in [0.29, 0.717) is 26.2 Å². The van der Waals surface area contributed by atoms with Crippen LogP contribution in [0.5, 0.6) is 5.88 Å². The number of rotatable bonds is 9. The van der Waals surface area contributed by atoms with E-state index in [1.165, 1.54) is 24.4 Å². The van der Waals surface area contributed by atoms with Crippen LogP contribution in [0.25, 0.3) is 0 Å². The minimum atomic E-state index is -1.09. The van der Waals surface area contributed by atoms with Gasteiger partial charge in [-0.2, -0.15) is 0 Å². The lowest BCUT2D eigenvalue weighted by molar-refractivity contribution is -0.138. The number of carbonyl (C=O) groups is 3. The molecule has 34 heavy (non-hydrogen) atoms. The maximum Gasteiger partial charge on any atom is 0.303 e. The molecule has 0 unspecified atom stereocenters. The van der Waals surface area contributed by atoms with Crippen molar-refractivity contribution in [1.82, 2.24) is 14.8 Å². The molecule has 1 saturated heterocycles. The number of anilines is 1. The molecule has 9 nitrogen and oxygen atoms in total. The molecule has 1 aliphatic heterocycles. The molecule has 2 amide bonds. The number of aliphatic carboxylic acids is 1. The Labute approximate surface area is 201 Å². The minimum absolute atomic E-state index is 0.0176. The Kier molecular flexibility index (Phi) is 8.78. The smallest absolute Gasteiger partial charge is 0.303 e. The zero-order chi connectivity index (χ0) is 24.7. The monoisotopic (exact) mass is 492 g/mol. The van der Waals surface area contributed by atoms with Crippen LogP contribution in [0.4, 0.5) is 10.1 Å². The molecular formula is C23H26ClFN4O5. The second-order valence-electron chi connectivity index (χ2n) is 8.03. The number of nitrogens with one attached hydrogen (secondary N) is 1. The van der Waals surface area contributed by atoms with Crippen LogP contribution in [-0.2, 0) is 20.9 Å². The Morgan fingerprint density at radius 2 is 1.97 bits per heavy atom. The van der Waals surface area contributed by atoms with Gasteiger partial charge in [-0.1, -0.05) is 23.7 Å². The second kappa shape index (κ2) is 11.8. The van der Waals surface area contributed by atoms with Crippen LogP contribution in [0.15, 0.2) is 36.5 Å². The van der Waals surface area contributed by atoms with Gasteiger partial charge in [-0.3, -0.25) is 19.3 Å². The molecule has 2 aromatic rings. The van der Waals surface area contributed by atoms with Gasteiger partial charge < -0.3 is 20.1 Å². The van der Waals surface area contributed by atoms with Crippen LogP contribution < -0.4 is 10.1 Å². The summed E-state index contributed by atoms with van der Waals surface area (Å²) in [6.45, 7) is 4.17. The van der Waals surface area contributed by atoms with Crippen LogP contribution in [0, 0.1) is 5.82 Å². The third kappa shape index (κ3) is 7.39. The number of halogens is 2. The van der Waals surface area contributed by atoms with Gasteiger partial charge in [0.05, 0.1) is 11.4 Å². The molecule has 0 bridgehead atoms. The number of carbonyl (C=O) groups excluding carboxylic acids is 2. The number of benzene rings is 1. The van der Waals surface area contributed by atoms with E-state index < -0.39 is 11.9 Å². The van der Waals surface area contributed by atoms with Gasteiger partial charge >= 0.3 is 5.97 Å². The number of amides is 2. The largest absolute Gasteiger partial charge is 0.481 e. The number of aromatic nitrogens is 1. The third-order valence-corrected chi connectivity index (χ3v) is 5.55. The van der Waals surface area contributed by atoms with Gasteiger partial charge in [0.15, 0.2) is 6.61 Å². The highest BCUT2D eigenvalue weighted by molar-refractivity contribution is 6.30. The van der Waals surface area contributed by atoms with Gasteiger partial charge in [0.2, 0.25) is 11.8 Å². The first-order valence-electron chi connectivity index (χ1n) is 10.8. The van der Waals surface area contributed by atoms with Gasteiger partial charge in [-0.25, -0.2) is 9.37 Å². The van der Waals surface area contributed by atoms with Crippen molar-refractivity contribution in [1.29, 1.82) is 0 Å². The fourth-order valence-corrected chi connectivity index (χ4v) is 3.83.